The Morgan fingerprint density at radius 3 is 2.27 bits per heavy atom. The molecule has 1 amide bonds. The summed E-state index contributed by atoms with van der Waals surface area (Å²) in [6, 6.07) is 8.10. The van der Waals surface area contributed by atoms with Crippen molar-refractivity contribution in [1.82, 2.24) is 10.6 Å². The maximum Gasteiger partial charge on any atom is 0.220 e. The van der Waals surface area contributed by atoms with Crippen LogP contribution in [0.5, 0.6) is 0 Å². The molecule has 0 bridgehead atoms. The van der Waals surface area contributed by atoms with Gasteiger partial charge in [-0.3, -0.25) is 9.59 Å². The van der Waals surface area contributed by atoms with Gasteiger partial charge < -0.3 is 10.6 Å². The van der Waals surface area contributed by atoms with E-state index < -0.39 is 0 Å². The third-order valence-electron chi connectivity index (χ3n) is 4.57. The van der Waals surface area contributed by atoms with Crippen LogP contribution in [-0.2, 0) is 11.3 Å². The van der Waals surface area contributed by atoms with Crippen molar-refractivity contribution in [3.05, 3.63) is 35.4 Å². The lowest BCUT2D eigenvalue weighted by Gasteiger charge is -2.16. The topological polar surface area (TPSA) is 58.2 Å². The third kappa shape index (κ3) is 8.61. The zero-order valence-electron chi connectivity index (χ0n) is 17.2. The molecule has 26 heavy (non-hydrogen) atoms. The number of hydrogen-bond acceptors (Lipinski definition) is 3. The monoisotopic (exact) mass is 360 g/mol. The first-order valence-electron chi connectivity index (χ1n) is 9.88. The van der Waals surface area contributed by atoms with E-state index in [9.17, 15) is 9.59 Å². The van der Waals surface area contributed by atoms with Crippen LogP contribution in [0.2, 0.25) is 0 Å². The maximum atomic E-state index is 12.2. The molecule has 1 aromatic rings. The van der Waals surface area contributed by atoms with Gasteiger partial charge in [-0.1, -0.05) is 58.4 Å². The molecule has 0 fully saturated rings. The van der Waals surface area contributed by atoms with E-state index in [0.29, 0.717) is 19.0 Å². The van der Waals surface area contributed by atoms with Gasteiger partial charge in [0, 0.05) is 30.0 Å². The zero-order valence-corrected chi connectivity index (χ0v) is 17.2. The standard InChI is InChI=1S/C22H36N2O2/c1-6-17(2)23-15-9-7-8-10-20(25)24-16-18-11-13-19(14-12-18)21(26)22(3,4)5/h11-14,17,23H,6-10,15-16H2,1-5H3,(H,24,25). The minimum atomic E-state index is -0.375. The van der Waals surface area contributed by atoms with Crippen LogP contribution in [-0.4, -0.2) is 24.3 Å². The Morgan fingerprint density at radius 2 is 1.69 bits per heavy atom. The highest BCUT2D eigenvalue weighted by Gasteiger charge is 2.22. The molecule has 0 saturated heterocycles. The van der Waals surface area contributed by atoms with Gasteiger partial charge in [0.2, 0.25) is 5.91 Å². The summed E-state index contributed by atoms with van der Waals surface area (Å²) in [5.74, 6) is 0.227. The highest BCUT2D eigenvalue weighted by atomic mass is 16.1. The van der Waals surface area contributed by atoms with Crippen LogP contribution < -0.4 is 10.6 Å². The molecular weight excluding hydrogens is 324 g/mol. The largest absolute Gasteiger partial charge is 0.352 e. The van der Waals surface area contributed by atoms with E-state index >= 15 is 0 Å². The van der Waals surface area contributed by atoms with Gasteiger partial charge in [-0.25, -0.2) is 0 Å². The second-order valence-electron chi connectivity index (χ2n) is 8.13. The van der Waals surface area contributed by atoms with Gasteiger partial charge in [-0.05, 0) is 38.3 Å². The lowest BCUT2D eigenvalue weighted by molar-refractivity contribution is -0.121. The van der Waals surface area contributed by atoms with Crippen LogP contribution in [0.1, 0.15) is 82.6 Å². The summed E-state index contributed by atoms with van der Waals surface area (Å²) in [4.78, 5) is 24.1. The fourth-order valence-corrected chi connectivity index (χ4v) is 2.58. The van der Waals surface area contributed by atoms with Crippen LogP contribution >= 0.6 is 0 Å². The summed E-state index contributed by atoms with van der Waals surface area (Å²) in [5, 5.41) is 6.42. The lowest BCUT2D eigenvalue weighted by atomic mass is 9.86. The molecule has 0 spiro atoms. The van der Waals surface area contributed by atoms with Crippen molar-refractivity contribution in [3.8, 4) is 0 Å². The predicted octanol–water partition coefficient (Wildman–Crippen LogP) is 4.48. The number of amides is 1. The number of nitrogens with one attached hydrogen (secondary N) is 2. The van der Waals surface area contributed by atoms with Gasteiger partial charge in [0.05, 0.1) is 0 Å². The van der Waals surface area contributed by atoms with Crippen molar-refractivity contribution >= 4 is 11.7 Å². The van der Waals surface area contributed by atoms with Crippen LogP contribution in [0.15, 0.2) is 24.3 Å². The molecule has 0 radical (unpaired) electrons. The Labute approximate surface area is 159 Å². The van der Waals surface area contributed by atoms with Crippen molar-refractivity contribution in [3.63, 3.8) is 0 Å². The Morgan fingerprint density at radius 1 is 1.04 bits per heavy atom. The minimum absolute atomic E-state index is 0.0923. The summed E-state index contributed by atoms with van der Waals surface area (Å²) < 4.78 is 0. The molecule has 4 heteroatoms. The number of rotatable bonds is 11. The quantitative estimate of drug-likeness (QED) is 0.452. The average molecular weight is 361 g/mol. The molecule has 146 valence electrons. The fourth-order valence-electron chi connectivity index (χ4n) is 2.58. The molecule has 0 saturated carbocycles. The number of unbranched alkanes of at least 4 members (excludes halogenated alkanes) is 2. The highest BCUT2D eigenvalue weighted by molar-refractivity contribution is 5.99. The summed E-state index contributed by atoms with van der Waals surface area (Å²) >= 11 is 0. The number of ketones is 1. The number of benzene rings is 1. The Hall–Kier alpha value is -1.68. The lowest BCUT2D eigenvalue weighted by Crippen LogP contribution is -2.26. The van der Waals surface area contributed by atoms with Crippen molar-refractivity contribution < 1.29 is 9.59 Å². The maximum absolute atomic E-state index is 12.2. The van der Waals surface area contributed by atoms with Crippen molar-refractivity contribution in [2.75, 3.05) is 6.54 Å². The Bertz CT molecular complexity index is 559. The first kappa shape index (κ1) is 22.4. The average Bonchev–Trinajstić information content (AvgIpc) is 2.61. The number of carbonyl (C=O) groups is 2. The van der Waals surface area contributed by atoms with Gasteiger partial charge in [0.15, 0.2) is 5.78 Å². The molecule has 4 nitrogen and oxygen atoms in total. The van der Waals surface area contributed by atoms with E-state index in [1.54, 1.807) is 0 Å². The molecule has 0 aliphatic rings. The molecule has 1 atom stereocenters. The van der Waals surface area contributed by atoms with E-state index in [1.165, 1.54) is 0 Å². The summed E-state index contributed by atoms with van der Waals surface area (Å²) in [6.45, 7) is 11.7. The minimum Gasteiger partial charge on any atom is -0.352 e. The molecular formula is C22H36N2O2. The number of Topliss-reactive ketones (excluding diaryl/α,β-unsaturated/α-hetero) is 1. The second kappa shape index (κ2) is 11.1. The smallest absolute Gasteiger partial charge is 0.220 e. The van der Waals surface area contributed by atoms with E-state index in [0.717, 1.165) is 43.4 Å². The van der Waals surface area contributed by atoms with Crippen LogP contribution in [0.3, 0.4) is 0 Å². The van der Waals surface area contributed by atoms with E-state index in [-0.39, 0.29) is 17.1 Å². The van der Waals surface area contributed by atoms with Crippen LogP contribution in [0, 0.1) is 5.41 Å². The molecule has 0 heterocycles. The molecule has 1 rings (SSSR count). The van der Waals surface area contributed by atoms with Gasteiger partial charge in [0.1, 0.15) is 0 Å². The fraction of sp³-hybridized carbons (Fsp3) is 0.636. The second-order valence-corrected chi connectivity index (χ2v) is 8.13. The molecule has 1 aromatic carbocycles. The first-order chi connectivity index (χ1) is 12.2. The van der Waals surface area contributed by atoms with Gasteiger partial charge in [0.25, 0.3) is 0 Å². The molecule has 0 aliphatic carbocycles. The number of hydrogen-bond donors (Lipinski definition) is 2. The SMILES string of the molecule is CCC(C)NCCCCCC(=O)NCc1ccc(C(=O)C(C)(C)C)cc1. The highest BCUT2D eigenvalue weighted by Crippen LogP contribution is 2.20. The van der Waals surface area contributed by atoms with E-state index in [2.05, 4.69) is 24.5 Å². The van der Waals surface area contributed by atoms with Gasteiger partial charge >= 0.3 is 0 Å². The van der Waals surface area contributed by atoms with Crippen molar-refractivity contribution in [1.29, 1.82) is 0 Å². The zero-order chi connectivity index (χ0) is 19.6. The first-order valence-corrected chi connectivity index (χ1v) is 9.88. The Kier molecular flexibility index (Phi) is 9.57. The van der Waals surface area contributed by atoms with Crippen molar-refractivity contribution in [2.45, 2.75) is 79.3 Å². The summed E-state index contributed by atoms with van der Waals surface area (Å²) in [6.07, 6.45) is 4.83. The van der Waals surface area contributed by atoms with Gasteiger partial charge in [-0.15, -0.1) is 0 Å². The normalized spacial score (nSPS) is 12.7. The Balaban J connectivity index is 2.23. The van der Waals surface area contributed by atoms with Gasteiger partial charge in [-0.2, -0.15) is 0 Å². The van der Waals surface area contributed by atoms with Crippen LogP contribution in [0.4, 0.5) is 0 Å². The van der Waals surface area contributed by atoms with Crippen LogP contribution in [0.25, 0.3) is 0 Å². The molecule has 1 unspecified atom stereocenters. The molecule has 0 aliphatic heterocycles. The predicted molar refractivity (Wildman–Crippen MR) is 108 cm³/mol. The summed E-state index contributed by atoms with van der Waals surface area (Å²) in [7, 11) is 0. The molecule has 2 N–H and O–H groups in total. The number of carbonyl (C=O) groups excluding carboxylic acids is 2. The third-order valence-corrected chi connectivity index (χ3v) is 4.57. The van der Waals surface area contributed by atoms with E-state index in [1.807, 2.05) is 45.0 Å². The summed E-state index contributed by atoms with van der Waals surface area (Å²) in [5.41, 5.74) is 1.36. The van der Waals surface area contributed by atoms with E-state index in [4.69, 9.17) is 0 Å². The molecule has 0 aromatic heterocycles. The van der Waals surface area contributed by atoms with Crippen molar-refractivity contribution in [2.24, 2.45) is 5.41 Å².